The number of methoxy groups -OCH3 is 1. The van der Waals surface area contributed by atoms with E-state index in [4.69, 9.17) is 9.15 Å². The van der Waals surface area contributed by atoms with Crippen molar-refractivity contribution >= 4 is 33.3 Å². The third kappa shape index (κ3) is 3.07. The van der Waals surface area contributed by atoms with E-state index in [1.807, 2.05) is 48.7 Å². The number of carbonyl (C=O) groups is 1. The maximum Gasteiger partial charge on any atom is 0.293 e. The maximum absolute atomic E-state index is 12.5. The van der Waals surface area contributed by atoms with E-state index in [2.05, 4.69) is 10.3 Å². The van der Waals surface area contributed by atoms with E-state index in [1.165, 1.54) is 16.9 Å². The van der Waals surface area contributed by atoms with Gasteiger partial charge in [0.25, 0.3) is 5.91 Å². The van der Waals surface area contributed by atoms with Crippen molar-refractivity contribution in [3.8, 4) is 17.0 Å². The summed E-state index contributed by atoms with van der Waals surface area (Å²) in [5.41, 5.74) is 3.59. The molecule has 2 aromatic heterocycles. The van der Waals surface area contributed by atoms with Gasteiger partial charge in [0.1, 0.15) is 0 Å². The van der Waals surface area contributed by atoms with E-state index in [1.54, 1.807) is 19.2 Å². The van der Waals surface area contributed by atoms with E-state index in [-0.39, 0.29) is 11.7 Å². The van der Waals surface area contributed by atoms with Gasteiger partial charge in [0, 0.05) is 16.3 Å². The van der Waals surface area contributed by atoms with Crippen molar-refractivity contribution in [3.63, 3.8) is 0 Å². The highest BCUT2D eigenvalue weighted by atomic mass is 32.1. The summed E-state index contributed by atoms with van der Waals surface area (Å²) >= 11 is 1.38. The van der Waals surface area contributed by atoms with E-state index in [0.717, 1.165) is 16.6 Å². The lowest BCUT2D eigenvalue weighted by Crippen LogP contribution is -2.10. The van der Waals surface area contributed by atoms with Gasteiger partial charge in [-0.3, -0.25) is 10.1 Å². The molecule has 1 N–H and O–H groups in total. The Bertz CT molecular complexity index is 1080. The Morgan fingerprint density at radius 1 is 1.19 bits per heavy atom. The predicted octanol–water partition coefficient (Wildman–Crippen LogP) is 5.13. The average molecular weight is 364 g/mol. The maximum atomic E-state index is 12.5. The van der Waals surface area contributed by atoms with Crippen molar-refractivity contribution < 1.29 is 13.9 Å². The first-order valence-corrected chi connectivity index (χ1v) is 8.92. The topological polar surface area (TPSA) is 64.4 Å². The lowest BCUT2D eigenvalue weighted by atomic mass is 10.1. The predicted molar refractivity (Wildman–Crippen MR) is 103 cm³/mol. The molecule has 4 rings (SSSR count). The number of para-hydroxylation sites is 1. The number of ether oxygens (including phenoxy) is 1. The summed E-state index contributed by atoms with van der Waals surface area (Å²) in [6.07, 6.45) is 0. The molecule has 0 bridgehead atoms. The van der Waals surface area contributed by atoms with Crippen LogP contribution in [0.3, 0.4) is 0 Å². The Labute approximate surface area is 154 Å². The number of hydrogen-bond acceptors (Lipinski definition) is 5. The first-order chi connectivity index (χ1) is 12.6. The monoisotopic (exact) mass is 364 g/mol. The van der Waals surface area contributed by atoms with Gasteiger partial charge in [-0.15, -0.1) is 11.3 Å². The summed E-state index contributed by atoms with van der Waals surface area (Å²) in [5, 5.41) is 6.05. The molecule has 0 unspecified atom stereocenters. The molecule has 4 aromatic rings. The molecule has 1 amide bonds. The van der Waals surface area contributed by atoms with E-state index >= 15 is 0 Å². The summed E-state index contributed by atoms with van der Waals surface area (Å²) < 4.78 is 10.9. The number of aromatic nitrogens is 1. The first-order valence-electron chi connectivity index (χ1n) is 8.04. The number of fused-ring (bicyclic) bond motifs is 1. The Kier molecular flexibility index (Phi) is 4.18. The number of nitrogens with one attached hydrogen (secondary N) is 1. The minimum absolute atomic E-state index is 0.219. The van der Waals surface area contributed by atoms with Gasteiger partial charge in [0.15, 0.2) is 22.2 Å². The largest absolute Gasteiger partial charge is 0.493 e. The van der Waals surface area contributed by atoms with Gasteiger partial charge in [0.2, 0.25) is 0 Å². The van der Waals surface area contributed by atoms with Crippen LogP contribution in [0.25, 0.3) is 22.2 Å². The van der Waals surface area contributed by atoms with Crippen molar-refractivity contribution in [3.05, 3.63) is 65.2 Å². The molecule has 2 aromatic carbocycles. The third-order valence-electron chi connectivity index (χ3n) is 4.02. The number of carbonyl (C=O) groups excluding carboxylic acids is 1. The molecule has 2 heterocycles. The van der Waals surface area contributed by atoms with Crippen molar-refractivity contribution in [2.24, 2.45) is 0 Å². The van der Waals surface area contributed by atoms with Crippen LogP contribution in [0.2, 0.25) is 0 Å². The summed E-state index contributed by atoms with van der Waals surface area (Å²) in [5.74, 6) is 0.474. The van der Waals surface area contributed by atoms with Gasteiger partial charge in [0.05, 0.1) is 12.8 Å². The van der Waals surface area contributed by atoms with Crippen LogP contribution in [0.15, 0.2) is 58.3 Å². The highest BCUT2D eigenvalue weighted by Crippen LogP contribution is 2.30. The number of benzene rings is 2. The summed E-state index contributed by atoms with van der Waals surface area (Å²) in [4.78, 5) is 17.0. The SMILES string of the molecule is COc1cccc2cc(C(=O)Nc3nc(-c4ccc(C)cc4)cs3)oc12. The molecule has 0 saturated heterocycles. The van der Waals surface area contributed by atoms with Gasteiger partial charge in [-0.05, 0) is 19.1 Å². The fraction of sp³-hybridized carbons (Fsp3) is 0.100. The van der Waals surface area contributed by atoms with Gasteiger partial charge in [-0.25, -0.2) is 4.98 Å². The number of rotatable bonds is 4. The number of hydrogen-bond donors (Lipinski definition) is 1. The zero-order chi connectivity index (χ0) is 18.1. The summed E-state index contributed by atoms with van der Waals surface area (Å²) in [7, 11) is 1.57. The Morgan fingerprint density at radius 3 is 2.77 bits per heavy atom. The first kappa shape index (κ1) is 16.4. The molecular weight excluding hydrogens is 348 g/mol. The van der Waals surface area contributed by atoms with Gasteiger partial charge < -0.3 is 9.15 Å². The molecule has 6 heteroatoms. The van der Waals surface area contributed by atoms with Crippen molar-refractivity contribution in [2.45, 2.75) is 6.92 Å². The Hall–Kier alpha value is -3.12. The molecule has 0 atom stereocenters. The molecule has 0 aliphatic carbocycles. The zero-order valence-corrected chi connectivity index (χ0v) is 15.1. The van der Waals surface area contributed by atoms with Crippen molar-refractivity contribution in [1.82, 2.24) is 4.98 Å². The second-order valence-electron chi connectivity index (χ2n) is 5.85. The molecule has 26 heavy (non-hydrogen) atoms. The van der Waals surface area contributed by atoms with Crippen LogP contribution >= 0.6 is 11.3 Å². The van der Waals surface area contributed by atoms with Gasteiger partial charge >= 0.3 is 0 Å². The molecule has 0 aliphatic rings. The van der Waals surface area contributed by atoms with Crippen LogP contribution in [0, 0.1) is 6.92 Å². The Morgan fingerprint density at radius 2 is 2.00 bits per heavy atom. The number of furan rings is 1. The molecule has 0 fully saturated rings. The van der Waals surface area contributed by atoms with Gasteiger partial charge in [-0.2, -0.15) is 0 Å². The molecule has 0 aliphatic heterocycles. The minimum atomic E-state index is -0.340. The summed E-state index contributed by atoms with van der Waals surface area (Å²) in [6, 6.07) is 15.3. The second-order valence-corrected chi connectivity index (χ2v) is 6.71. The summed E-state index contributed by atoms with van der Waals surface area (Å²) in [6.45, 7) is 2.04. The molecule has 0 radical (unpaired) electrons. The molecule has 130 valence electrons. The lowest BCUT2D eigenvalue weighted by Gasteiger charge is -2.00. The highest BCUT2D eigenvalue weighted by Gasteiger charge is 2.16. The van der Waals surface area contributed by atoms with Crippen LogP contribution in [-0.4, -0.2) is 18.0 Å². The number of thiazole rings is 1. The quantitative estimate of drug-likeness (QED) is 0.545. The third-order valence-corrected chi connectivity index (χ3v) is 4.78. The zero-order valence-electron chi connectivity index (χ0n) is 14.3. The van der Waals surface area contributed by atoms with Crippen LogP contribution in [0.5, 0.6) is 5.75 Å². The number of aryl methyl sites for hydroxylation is 1. The van der Waals surface area contributed by atoms with Crippen LogP contribution in [0.4, 0.5) is 5.13 Å². The molecule has 0 saturated carbocycles. The van der Waals surface area contributed by atoms with Crippen molar-refractivity contribution in [2.75, 3.05) is 12.4 Å². The van der Waals surface area contributed by atoms with Crippen LogP contribution < -0.4 is 10.1 Å². The second kappa shape index (κ2) is 6.65. The molecular formula is C20H16N2O3S. The highest BCUT2D eigenvalue weighted by molar-refractivity contribution is 7.14. The lowest BCUT2D eigenvalue weighted by molar-refractivity contribution is 0.0998. The van der Waals surface area contributed by atoms with Crippen molar-refractivity contribution in [1.29, 1.82) is 0 Å². The number of nitrogens with zero attached hydrogens (tertiary/aromatic N) is 1. The van der Waals surface area contributed by atoms with Crippen LogP contribution in [0.1, 0.15) is 16.1 Å². The van der Waals surface area contributed by atoms with E-state index < -0.39 is 0 Å². The fourth-order valence-electron chi connectivity index (χ4n) is 2.66. The smallest absolute Gasteiger partial charge is 0.293 e. The minimum Gasteiger partial charge on any atom is -0.493 e. The average Bonchev–Trinajstić information content (AvgIpc) is 3.29. The molecule has 0 spiro atoms. The van der Waals surface area contributed by atoms with E-state index in [0.29, 0.717) is 16.5 Å². The number of amides is 1. The fourth-order valence-corrected chi connectivity index (χ4v) is 3.37. The van der Waals surface area contributed by atoms with Gasteiger partial charge in [-0.1, -0.05) is 42.0 Å². The van der Waals surface area contributed by atoms with E-state index in [9.17, 15) is 4.79 Å². The number of anilines is 1. The normalized spacial score (nSPS) is 10.8. The molecule has 5 nitrogen and oxygen atoms in total. The Balaban J connectivity index is 1.56. The standard InChI is InChI=1S/C20H16N2O3S/c1-12-6-8-13(9-7-12)15-11-26-20(21-15)22-19(23)17-10-14-4-3-5-16(24-2)18(14)25-17/h3-11H,1-2H3,(H,21,22,23). The van der Waals surface area contributed by atoms with Crippen LogP contribution in [-0.2, 0) is 0 Å².